The van der Waals surface area contributed by atoms with E-state index < -0.39 is 12.1 Å². The molecule has 15 heavy (non-hydrogen) atoms. The summed E-state index contributed by atoms with van der Waals surface area (Å²) in [4.78, 5) is 12.8. The molecule has 0 aromatic carbocycles. The van der Waals surface area contributed by atoms with Crippen LogP contribution in [0.2, 0.25) is 0 Å². The van der Waals surface area contributed by atoms with Gasteiger partial charge >= 0.3 is 5.97 Å². The fourth-order valence-corrected chi connectivity index (χ4v) is 2.16. The van der Waals surface area contributed by atoms with Crippen LogP contribution in [-0.2, 0) is 4.79 Å². The Morgan fingerprint density at radius 3 is 2.60 bits per heavy atom. The molecular weight excluding hydrogens is 197 g/mol. The van der Waals surface area contributed by atoms with Crippen LogP contribution in [0, 0.1) is 5.92 Å². The summed E-state index contributed by atoms with van der Waals surface area (Å²) in [6.45, 7) is 6.01. The van der Waals surface area contributed by atoms with Crippen LogP contribution in [0.25, 0.3) is 0 Å². The van der Waals surface area contributed by atoms with E-state index in [9.17, 15) is 9.18 Å². The van der Waals surface area contributed by atoms with Crippen molar-refractivity contribution in [3.8, 4) is 0 Å². The van der Waals surface area contributed by atoms with Crippen LogP contribution in [0.5, 0.6) is 0 Å². The minimum atomic E-state index is -1.68. The van der Waals surface area contributed by atoms with Crippen molar-refractivity contribution in [1.82, 2.24) is 4.90 Å². The van der Waals surface area contributed by atoms with Crippen LogP contribution < -0.4 is 0 Å². The maximum absolute atomic E-state index is 13.3. The lowest BCUT2D eigenvalue weighted by atomic mass is 9.95. The third kappa shape index (κ3) is 3.45. The Morgan fingerprint density at radius 1 is 1.40 bits per heavy atom. The molecule has 4 heteroatoms. The molecule has 1 fully saturated rings. The summed E-state index contributed by atoms with van der Waals surface area (Å²) in [6, 6.07) is 0.464. The van der Waals surface area contributed by atoms with Crippen molar-refractivity contribution in [3.05, 3.63) is 0 Å². The molecule has 88 valence electrons. The highest BCUT2D eigenvalue weighted by molar-refractivity contribution is 5.72. The predicted molar refractivity (Wildman–Crippen MR) is 56.6 cm³/mol. The Labute approximate surface area is 90.3 Å². The molecule has 1 N–H and O–H groups in total. The molecule has 0 aliphatic carbocycles. The van der Waals surface area contributed by atoms with Crippen molar-refractivity contribution < 1.29 is 14.3 Å². The summed E-state index contributed by atoms with van der Waals surface area (Å²) in [5.74, 6) is -1.61. The lowest BCUT2D eigenvalue weighted by molar-refractivity contribution is -0.145. The number of hydrogen-bond donors (Lipinski definition) is 1. The first-order chi connectivity index (χ1) is 7.02. The van der Waals surface area contributed by atoms with Gasteiger partial charge in [0.25, 0.3) is 0 Å². The Hall–Kier alpha value is -0.640. The van der Waals surface area contributed by atoms with Gasteiger partial charge in [0.05, 0.1) is 0 Å². The third-order valence-corrected chi connectivity index (χ3v) is 3.19. The molecule has 0 spiro atoms. The average Bonchev–Trinajstić information content (AvgIpc) is 2.41. The smallest absolute Gasteiger partial charge is 0.338 e. The van der Waals surface area contributed by atoms with E-state index in [1.54, 1.807) is 0 Å². The largest absolute Gasteiger partial charge is 0.479 e. The van der Waals surface area contributed by atoms with Gasteiger partial charge in [-0.3, -0.25) is 0 Å². The van der Waals surface area contributed by atoms with Gasteiger partial charge in [-0.2, -0.15) is 0 Å². The van der Waals surface area contributed by atoms with Gasteiger partial charge in [0.1, 0.15) is 0 Å². The van der Waals surface area contributed by atoms with Gasteiger partial charge in [0.2, 0.25) is 0 Å². The van der Waals surface area contributed by atoms with Crippen LogP contribution in [-0.4, -0.2) is 41.3 Å². The minimum Gasteiger partial charge on any atom is -0.479 e. The van der Waals surface area contributed by atoms with Gasteiger partial charge in [-0.1, -0.05) is 0 Å². The maximum Gasteiger partial charge on any atom is 0.338 e. The fourth-order valence-electron chi connectivity index (χ4n) is 2.16. The van der Waals surface area contributed by atoms with Gasteiger partial charge < -0.3 is 10.0 Å². The summed E-state index contributed by atoms with van der Waals surface area (Å²) in [5.41, 5.74) is 0. The van der Waals surface area contributed by atoms with E-state index in [1.807, 2.05) is 0 Å². The lowest BCUT2D eigenvalue weighted by Gasteiger charge is -2.24. The van der Waals surface area contributed by atoms with E-state index in [4.69, 9.17) is 5.11 Å². The third-order valence-electron chi connectivity index (χ3n) is 3.19. The van der Waals surface area contributed by atoms with E-state index in [-0.39, 0.29) is 5.92 Å². The Kier molecular flexibility index (Phi) is 4.51. The number of carboxylic acids is 1. The molecule has 2 unspecified atom stereocenters. The standard InChI is InChI=1S/C11H20FNO2/c1-8(2)13-6-3-4-9(5-7-13)10(12)11(14)15/h8-10H,3-7H2,1-2H3,(H,14,15). The second-order valence-electron chi connectivity index (χ2n) is 4.56. The molecule has 0 bridgehead atoms. The molecule has 0 aromatic heterocycles. The number of hydrogen-bond acceptors (Lipinski definition) is 2. The molecule has 1 heterocycles. The van der Waals surface area contributed by atoms with Gasteiger partial charge in [0.15, 0.2) is 6.17 Å². The van der Waals surface area contributed by atoms with Crippen molar-refractivity contribution in [3.63, 3.8) is 0 Å². The molecular formula is C11H20FNO2. The number of carbonyl (C=O) groups is 1. The highest BCUT2D eigenvalue weighted by Gasteiger charge is 2.29. The Morgan fingerprint density at radius 2 is 2.07 bits per heavy atom. The van der Waals surface area contributed by atoms with E-state index in [1.165, 1.54) is 0 Å². The number of nitrogens with zero attached hydrogens (tertiary/aromatic N) is 1. The number of rotatable bonds is 3. The van der Waals surface area contributed by atoms with Gasteiger partial charge in [-0.25, -0.2) is 9.18 Å². The summed E-state index contributed by atoms with van der Waals surface area (Å²) >= 11 is 0. The molecule has 0 amide bonds. The lowest BCUT2D eigenvalue weighted by Crippen LogP contribution is -2.32. The zero-order chi connectivity index (χ0) is 11.4. The van der Waals surface area contributed by atoms with E-state index in [2.05, 4.69) is 18.7 Å². The quantitative estimate of drug-likeness (QED) is 0.785. The predicted octanol–water partition coefficient (Wildman–Crippen LogP) is 1.92. The van der Waals surface area contributed by atoms with Gasteiger partial charge in [-0.05, 0) is 46.2 Å². The number of aliphatic carboxylic acids is 1. The monoisotopic (exact) mass is 217 g/mol. The molecule has 1 aliphatic rings. The topological polar surface area (TPSA) is 40.5 Å². The number of carboxylic acid groups (broad SMARTS) is 1. The zero-order valence-electron chi connectivity index (χ0n) is 9.45. The van der Waals surface area contributed by atoms with Crippen LogP contribution in [0.3, 0.4) is 0 Å². The minimum absolute atomic E-state index is 0.300. The van der Waals surface area contributed by atoms with E-state index in [0.29, 0.717) is 18.9 Å². The van der Waals surface area contributed by atoms with E-state index in [0.717, 1.165) is 19.5 Å². The van der Waals surface area contributed by atoms with Gasteiger partial charge in [0, 0.05) is 12.0 Å². The SMILES string of the molecule is CC(C)N1CCCC(C(F)C(=O)O)CC1. The number of alkyl halides is 1. The molecule has 1 rings (SSSR count). The van der Waals surface area contributed by atoms with E-state index >= 15 is 0 Å². The highest BCUT2D eigenvalue weighted by Crippen LogP contribution is 2.23. The highest BCUT2D eigenvalue weighted by atomic mass is 19.1. The van der Waals surface area contributed by atoms with Crippen molar-refractivity contribution in [2.45, 2.75) is 45.3 Å². The molecule has 0 saturated carbocycles. The van der Waals surface area contributed by atoms with Crippen molar-refractivity contribution in [2.75, 3.05) is 13.1 Å². The van der Waals surface area contributed by atoms with Crippen molar-refractivity contribution in [1.29, 1.82) is 0 Å². The zero-order valence-corrected chi connectivity index (χ0v) is 9.45. The molecule has 1 aliphatic heterocycles. The number of likely N-dealkylation sites (tertiary alicyclic amines) is 1. The summed E-state index contributed by atoms with van der Waals surface area (Å²) in [7, 11) is 0. The molecule has 0 aromatic rings. The summed E-state index contributed by atoms with van der Waals surface area (Å²) in [5, 5.41) is 8.61. The average molecular weight is 217 g/mol. The van der Waals surface area contributed by atoms with Crippen molar-refractivity contribution >= 4 is 5.97 Å². The fraction of sp³-hybridized carbons (Fsp3) is 0.909. The normalized spacial score (nSPS) is 26.3. The molecule has 0 radical (unpaired) electrons. The molecule has 3 nitrogen and oxygen atoms in total. The summed E-state index contributed by atoms with van der Waals surface area (Å²) < 4.78 is 13.3. The van der Waals surface area contributed by atoms with Crippen LogP contribution >= 0.6 is 0 Å². The second-order valence-corrected chi connectivity index (χ2v) is 4.56. The van der Waals surface area contributed by atoms with Crippen LogP contribution in [0.4, 0.5) is 4.39 Å². The second kappa shape index (κ2) is 5.45. The first-order valence-corrected chi connectivity index (χ1v) is 5.63. The maximum atomic E-state index is 13.3. The van der Waals surface area contributed by atoms with Crippen LogP contribution in [0.1, 0.15) is 33.1 Å². The first kappa shape index (κ1) is 12.4. The first-order valence-electron chi connectivity index (χ1n) is 5.63. The van der Waals surface area contributed by atoms with Crippen LogP contribution in [0.15, 0.2) is 0 Å². The Bertz CT molecular complexity index is 221. The van der Waals surface area contributed by atoms with Crippen molar-refractivity contribution in [2.24, 2.45) is 5.92 Å². The summed E-state index contributed by atoms with van der Waals surface area (Å²) in [6.07, 6.45) is 0.566. The molecule has 1 saturated heterocycles. The Balaban J connectivity index is 2.49. The number of halogens is 1. The van der Waals surface area contributed by atoms with Gasteiger partial charge in [-0.15, -0.1) is 0 Å². The molecule has 2 atom stereocenters.